The van der Waals surface area contributed by atoms with Gasteiger partial charge in [0.15, 0.2) is 5.82 Å². The van der Waals surface area contributed by atoms with Crippen LogP contribution in [0.3, 0.4) is 0 Å². The number of aromatic nitrogens is 2. The fourth-order valence-corrected chi connectivity index (χ4v) is 3.13. The molecule has 1 aromatic heterocycles. The van der Waals surface area contributed by atoms with Crippen molar-refractivity contribution in [2.24, 2.45) is 0 Å². The summed E-state index contributed by atoms with van der Waals surface area (Å²) in [5.41, 5.74) is 0.196. The van der Waals surface area contributed by atoms with Crippen LogP contribution in [0.15, 0.2) is 60.8 Å². The van der Waals surface area contributed by atoms with E-state index in [0.29, 0.717) is 5.82 Å². The average Bonchev–Trinajstić information content (AvgIpc) is 2.76. The van der Waals surface area contributed by atoms with E-state index in [0.717, 1.165) is 28.6 Å². The van der Waals surface area contributed by atoms with E-state index in [1.165, 1.54) is 13.3 Å². The molecule has 3 aromatic carbocycles. The van der Waals surface area contributed by atoms with E-state index in [2.05, 4.69) is 20.6 Å². The van der Waals surface area contributed by atoms with E-state index < -0.39 is 16.4 Å². The first-order valence-corrected chi connectivity index (χ1v) is 9.39. The zero-order valence-corrected chi connectivity index (χ0v) is 16.9. The second kappa shape index (κ2) is 8.41. The van der Waals surface area contributed by atoms with Crippen LogP contribution in [-0.4, -0.2) is 22.0 Å². The summed E-state index contributed by atoms with van der Waals surface area (Å²) in [4.78, 5) is 18.7. The molecule has 1 heterocycles. The highest BCUT2D eigenvalue weighted by Gasteiger charge is 2.20. The molecule has 0 aliphatic heterocycles. The number of rotatable bonds is 6. The molecule has 0 amide bonds. The first-order chi connectivity index (χ1) is 14.9. The second-order valence-electron chi connectivity index (χ2n) is 6.46. The smallest absolute Gasteiger partial charge is 0.307 e. The number of hydrogen-bond donors (Lipinski definition) is 2. The third-order valence-corrected chi connectivity index (χ3v) is 4.75. The van der Waals surface area contributed by atoms with Crippen molar-refractivity contribution in [1.29, 1.82) is 0 Å². The van der Waals surface area contributed by atoms with Gasteiger partial charge >= 0.3 is 5.69 Å². The fourth-order valence-electron chi connectivity index (χ4n) is 2.99. The first kappa shape index (κ1) is 20.3. The average molecular weight is 440 g/mol. The van der Waals surface area contributed by atoms with Gasteiger partial charge in [-0.25, -0.2) is 4.98 Å². The van der Waals surface area contributed by atoms with Crippen molar-refractivity contribution in [2.45, 2.75) is 0 Å². The molecule has 0 radical (unpaired) electrons. The van der Waals surface area contributed by atoms with Crippen LogP contribution >= 0.6 is 11.6 Å². The van der Waals surface area contributed by atoms with Crippen LogP contribution < -0.4 is 15.4 Å². The lowest BCUT2D eigenvalue weighted by molar-refractivity contribution is -0.387. The number of fused-ring (bicyclic) bond motifs is 1. The normalized spacial score (nSPS) is 10.7. The number of nitro benzene ring substituents is 1. The molecule has 0 fully saturated rings. The maximum atomic E-state index is 13.9. The van der Waals surface area contributed by atoms with E-state index in [-0.39, 0.29) is 22.4 Å². The summed E-state index contributed by atoms with van der Waals surface area (Å²) in [6, 6.07) is 15.6. The molecular weight excluding hydrogens is 425 g/mol. The molecule has 0 atom stereocenters. The number of ether oxygens (including phenoxy) is 1. The van der Waals surface area contributed by atoms with Crippen molar-refractivity contribution in [2.75, 3.05) is 17.7 Å². The largest absolute Gasteiger partial charge is 0.494 e. The molecule has 0 unspecified atom stereocenters. The molecule has 4 rings (SSSR count). The molecular formula is C21H15ClFN5O3. The SMILES string of the molecule is COc1cc(F)c([N+](=O)[O-])cc1Nc1ncc(Cl)c(Nc2ccc3ccccc3c2)n1. The molecule has 0 saturated heterocycles. The Morgan fingerprint density at radius 1 is 1.10 bits per heavy atom. The van der Waals surface area contributed by atoms with Gasteiger partial charge in [0, 0.05) is 17.8 Å². The number of methoxy groups -OCH3 is 1. The Morgan fingerprint density at radius 2 is 1.87 bits per heavy atom. The van der Waals surface area contributed by atoms with Crippen LogP contribution in [0, 0.1) is 15.9 Å². The number of nitro groups is 1. The predicted octanol–water partition coefficient (Wildman–Crippen LogP) is 5.83. The molecule has 0 bridgehead atoms. The van der Waals surface area contributed by atoms with Crippen LogP contribution in [0.1, 0.15) is 0 Å². The van der Waals surface area contributed by atoms with Crippen molar-refractivity contribution in [3.63, 3.8) is 0 Å². The minimum atomic E-state index is -1.01. The zero-order chi connectivity index (χ0) is 22.0. The van der Waals surface area contributed by atoms with Gasteiger partial charge in [0.1, 0.15) is 10.8 Å². The highest BCUT2D eigenvalue weighted by molar-refractivity contribution is 6.32. The van der Waals surface area contributed by atoms with Crippen molar-refractivity contribution in [3.05, 3.63) is 81.7 Å². The maximum Gasteiger partial charge on any atom is 0.307 e. The first-order valence-electron chi connectivity index (χ1n) is 9.02. The number of nitrogens with zero attached hydrogens (tertiary/aromatic N) is 3. The molecule has 2 N–H and O–H groups in total. The summed E-state index contributed by atoms with van der Waals surface area (Å²) in [7, 11) is 1.32. The van der Waals surface area contributed by atoms with Crippen molar-refractivity contribution >= 4 is 51.2 Å². The molecule has 0 aliphatic carbocycles. The molecule has 8 nitrogen and oxygen atoms in total. The Hall–Kier alpha value is -3.98. The van der Waals surface area contributed by atoms with E-state index in [9.17, 15) is 14.5 Å². The van der Waals surface area contributed by atoms with Gasteiger partial charge in [-0.1, -0.05) is 41.9 Å². The topological polar surface area (TPSA) is 102 Å². The van der Waals surface area contributed by atoms with Crippen LogP contribution in [0.25, 0.3) is 10.8 Å². The van der Waals surface area contributed by atoms with Crippen molar-refractivity contribution in [3.8, 4) is 5.75 Å². The number of anilines is 4. The Bertz CT molecular complexity index is 1300. The molecule has 0 saturated carbocycles. The van der Waals surface area contributed by atoms with E-state index >= 15 is 0 Å². The van der Waals surface area contributed by atoms with Gasteiger partial charge in [-0.2, -0.15) is 9.37 Å². The van der Waals surface area contributed by atoms with Gasteiger partial charge in [-0.3, -0.25) is 10.1 Å². The summed E-state index contributed by atoms with van der Waals surface area (Å²) in [6.45, 7) is 0. The van der Waals surface area contributed by atoms with E-state index in [1.807, 2.05) is 42.5 Å². The van der Waals surface area contributed by atoms with E-state index in [4.69, 9.17) is 16.3 Å². The minimum absolute atomic E-state index is 0.0608. The van der Waals surface area contributed by atoms with Gasteiger partial charge in [-0.05, 0) is 22.9 Å². The summed E-state index contributed by atoms with van der Waals surface area (Å²) >= 11 is 6.23. The maximum absolute atomic E-state index is 13.9. The lowest BCUT2D eigenvalue weighted by Crippen LogP contribution is -2.04. The number of halogens is 2. The summed E-state index contributed by atoms with van der Waals surface area (Å²) in [5, 5.41) is 19.4. The summed E-state index contributed by atoms with van der Waals surface area (Å²) in [5.74, 6) is -0.536. The standard InChI is InChI=1S/C21H15ClFN5O3/c1-31-19-9-16(23)18(28(29)30)10-17(19)26-21-24-11-15(22)20(27-21)25-14-7-6-12-4-2-3-5-13(12)8-14/h2-11H,1H3,(H2,24,25,26,27). The molecule has 0 spiro atoms. The molecule has 4 aromatic rings. The van der Waals surface area contributed by atoms with Crippen molar-refractivity contribution < 1.29 is 14.1 Å². The number of benzene rings is 3. The van der Waals surface area contributed by atoms with E-state index in [1.54, 1.807) is 0 Å². The van der Waals surface area contributed by atoms with Gasteiger partial charge in [0.25, 0.3) is 0 Å². The lowest BCUT2D eigenvalue weighted by atomic mass is 10.1. The van der Waals surface area contributed by atoms with Crippen molar-refractivity contribution in [1.82, 2.24) is 9.97 Å². The van der Waals surface area contributed by atoms with Gasteiger partial charge in [0.05, 0.1) is 23.9 Å². The third-order valence-electron chi connectivity index (χ3n) is 4.47. The van der Waals surface area contributed by atoms with Gasteiger partial charge in [-0.15, -0.1) is 0 Å². The van der Waals surface area contributed by atoms with Gasteiger partial charge < -0.3 is 15.4 Å². The third kappa shape index (κ3) is 4.31. The molecule has 31 heavy (non-hydrogen) atoms. The summed E-state index contributed by atoms with van der Waals surface area (Å²) in [6.07, 6.45) is 1.38. The number of nitrogens with one attached hydrogen (secondary N) is 2. The molecule has 10 heteroatoms. The Balaban J connectivity index is 1.65. The van der Waals surface area contributed by atoms with Crippen LogP contribution in [0.5, 0.6) is 5.75 Å². The second-order valence-corrected chi connectivity index (χ2v) is 6.87. The summed E-state index contributed by atoms with van der Waals surface area (Å²) < 4.78 is 19.0. The minimum Gasteiger partial charge on any atom is -0.494 e. The fraction of sp³-hybridized carbons (Fsp3) is 0.0476. The Morgan fingerprint density at radius 3 is 2.61 bits per heavy atom. The molecule has 0 aliphatic rings. The van der Waals surface area contributed by atoms with Crippen LogP contribution in [0.4, 0.5) is 33.2 Å². The Labute approximate surface area is 180 Å². The van der Waals surface area contributed by atoms with Gasteiger partial charge in [0.2, 0.25) is 11.8 Å². The lowest BCUT2D eigenvalue weighted by Gasteiger charge is -2.13. The number of hydrogen-bond acceptors (Lipinski definition) is 7. The van der Waals surface area contributed by atoms with Crippen LogP contribution in [0.2, 0.25) is 5.02 Å². The van der Waals surface area contributed by atoms with Crippen LogP contribution in [-0.2, 0) is 0 Å². The molecule has 156 valence electrons. The predicted molar refractivity (Wildman–Crippen MR) is 117 cm³/mol. The zero-order valence-electron chi connectivity index (χ0n) is 16.1. The Kier molecular flexibility index (Phi) is 5.50. The highest BCUT2D eigenvalue weighted by atomic mass is 35.5. The monoisotopic (exact) mass is 439 g/mol. The highest BCUT2D eigenvalue weighted by Crippen LogP contribution is 2.34. The quantitative estimate of drug-likeness (QED) is 0.288.